The summed E-state index contributed by atoms with van der Waals surface area (Å²) in [6.07, 6.45) is -0.162. The number of benzene rings is 2. The zero-order valence-corrected chi connectivity index (χ0v) is 19.7. The van der Waals surface area contributed by atoms with Crippen molar-refractivity contribution in [1.29, 1.82) is 0 Å². The van der Waals surface area contributed by atoms with Gasteiger partial charge < -0.3 is 36.3 Å². The molecule has 1 aliphatic heterocycles. The lowest BCUT2D eigenvalue weighted by atomic mass is 10.1. The topological polar surface area (TPSA) is 156 Å². The normalized spacial score (nSPS) is 15.3. The van der Waals surface area contributed by atoms with Crippen LogP contribution in [-0.4, -0.2) is 66.3 Å². The molecule has 0 radical (unpaired) electrons. The van der Waals surface area contributed by atoms with E-state index in [1.807, 2.05) is 24.3 Å². The van der Waals surface area contributed by atoms with Crippen LogP contribution >= 0.6 is 0 Å². The second-order valence-electron chi connectivity index (χ2n) is 7.73. The molecule has 1 unspecified atom stereocenters. The van der Waals surface area contributed by atoms with Crippen molar-refractivity contribution in [2.45, 2.75) is 19.4 Å². The minimum atomic E-state index is -1.38. The summed E-state index contributed by atoms with van der Waals surface area (Å²) in [5.74, 6) is 0.254. The highest BCUT2D eigenvalue weighted by Gasteiger charge is 2.36. The Morgan fingerprint density at radius 1 is 0.971 bits per heavy atom. The zero-order chi connectivity index (χ0) is 25.4. The van der Waals surface area contributed by atoms with E-state index in [1.54, 1.807) is 38.5 Å². The van der Waals surface area contributed by atoms with Gasteiger partial charge in [-0.15, -0.1) is 0 Å². The summed E-state index contributed by atoms with van der Waals surface area (Å²) >= 11 is 0. The molecule has 11 nitrogen and oxygen atoms in total. The Labute approximate surface area is 203 Å². The van der Waals surface area contributed by atoms with E-state index < -0.39 is 18.2 Å². The lowest BCUT2D eigenvalue weighted by molar-refractivity contribution is -0.160. The summed E-state index contributed by atoms with van der Waals surface area (Å²) in [6.45, 7) is 0.647. The Kier molecular flexibility index (Phi) is 8.52. The van der Waals surface area contributed by atoms with Crippen molar-refractivity contribution in [3.05, 3.63) is 71.4 Å². The minimum absolute atomic E-state index is 0.0361. The van der Waals surface area contributed by atoms with Gasteiger partial charge in [-0.3, -0.25) is 19.5 Å². The Morgan fingerprint density at radius 3 is 1.97 bits per heavy atom. The number of aliphatic imine (C=N–C) groups is 1. The Balaban J connectivity index is 1.84. The van der Waals surface area contributed by atoms with Gasteiger partial charge in [-0.05, 0) is 35.4 Å². The number of nitrogens with two attached hydrogens (primary N) is 2. The SMILES string of the molecule is COc1ccc(CN2C(=O)C=C(C(=O)NCCN=C(N)N)N(Cc3ccc(OC)cc3)C2O)cc1. The average molecular weight is 483 g/mol. The van der Waals surface area contributed by atoms with Crippen molar-refractivity contribution in [3.63, 3.8) is 0 Å². The van der Waals surface area contributed by atoms with Crippen LogP contribution in [0.25, 0.3) is 0 Å². The van der Waals surface area contributed by atoms with Crippen LogP contribution in [0.15, 0.2) is 65.3 Å². The molecular formula is C24H30N6O5. The molecule has 0 aliphatic carbocycles. The maximum absolute atomic E-state index is 12.9. The number of guanidine groups is 1. The van der Waals surface area contributed by atoms with E-state index in [0.29, 0.717) is 11.5 Å². The molecule has 1 aliphatic rings. The molecular weight excluding hydrogens is 452 g/mol. The number of carbonyl (C=O) groups excluding carboxylic acids is 2. The molecule has 0 aromatic heterocycles. The average Bonchev–Trinajstić information content (AvgIpc) is 2.86. The molecule has 0 spiro atoms. The largest absolute Gasteiger partial charge is 0.497 e. The standard InChI is InChI=1S/C24H30N6O5/c1-34-18-7-3-16(4-8-18)14-29-20(22(32)27-11-12-28-23(25)26)13-21(31)30(24(29)33)15-17-5-9-19(35-2)10-6-17/h3-10,13,24,33H,11-12,14-15H2,1-2H3,(H,27,32)(H4,25,26,28). The lowest BCUT2D eigenvalue weighted by Gasteiger charge is -2.41. The monoisotopic (exact) mass is 482 g/mol. The van der Waals surface area contributed by atoms with E-state index in [1.165, 1.54) is 15.9 Å². The molecule has 2 aromatic rings. The summed E-state index contributed by atoms with van der Waals surface area (Å²) in [4.78, 5) is 32.4. The van der Waals surface area contributed by atoms with Gasteiger partial charge in [0.2, 0.25) is 6.35 Å². The number of methoxy groups -OCH3 is 2. The van der Waals surface area contributed by atoms with Gasteiger partial charge in [0.15, 0.2) is 5.96 Å². The summed E-state index contributed by atoms with van der Waals surface area (Å²) in [5.41, 5.74) is 12.3. The van der Waals surface area contributed by atoms with Crippen molar-refractivity contribution in [2.24, 2.45) is 16.5 Å². The van der Waals surface area contributed by atoms with Crippen LogP contribution in [0.1, 0.15) is 11.1 Å². The predicted octanol–water partition coefficient (Wildman–Crippen LogP) is 0.0976. The third-order valence-electron chi connectivity index (χ3n) is 5.36. The van der Waals surface area contributed by atoms with E-state index in [2.05, 4.69) is 10.3 Å². The molecule has 2 aromatic carbocycles. The Bertz CT molecular complexity index is 1080. The van der Waals surface area contributed by atoms with Gasteiger partial charge in [0.1, 0.15) is 17.2 Å². The highest BCUT2D eigenvalue weighted by molar-refractivity contribution is 6.01. The fourth-order valence-electron chi connectivity index (χ4n) is 3.51. The van der Waals surface area contributed by atoms with Crippen molar-refractivity contribution < 1.29 is 24.2 Å². The van der Waals surface area contributed by atoms with Crippen molar-refractivity contribution in [1.82, 2.24) is 15.1 Å². The highest BCUT2D eigenvalue weighted by Crippen LogP contribution is 2.25. The molecule has 1 heterocycles. The van der Waals surface area contributed by atoms with Crippen molar-refractivity contribution >= 4 is 17.8 Å². The zero-order valence-electron chi connectivity index (χ0n) is 19.7. The van der Waals surface area contributed by atoms with Crippen molar-refractivity contribution in [2.75, 3.05) is 27.3 Å². The van der Waals surface area contributed by atoms with Crippen LogP contribution in [-0.2, 0) is 22.7 Å². The van der Waals surface area contributed by atoms with Gasteiger partial charge in [-0.1, -0.05) is 24.3 Å². The number of nitrogens with zero attached hydrogens (tertiary/aromatic N) is 3. The lowest BCUT2D eigenvalue weighted by Crippen LogP contribution is -2.55. The van der Waals surface area contributed by atoms with Gasteiger partial charge in [0.05, 0.1) is 27.3 Å². The highest BCUT2D eigenvalue weighted by atomic mass is 16.5. The molecule has 3 rings (SSSR count). The van der Waals surface area contributed by atoms with Crippen LogP contribution < -0.4 is 26.3 Å². The molecule has 1 atom stereocenters. The van der Waals surface area contributed by atoms with Gasteiger partial charge in [0, 0.05) is 19.2 Å². The molecule has 186 valence electrons. The Morgan fingerprint density at radius 2 is 1.49 bits per heavy atom. The fourth-order valence-corrected chi connectivity index (χ4v) is 3.51. The van der Waals surface area contributed by atoms with Crippen LogP contribution in [0.2, 0.25) is 0 Å². The molecule has 11 heteroatoms. The van der Waals surface area contributed by atoms with E-state index in [-0.39, 0.29) is 37.8 Å². The van der Waals surface area contributed by atoms with Crippen LogP contribution in [0.3, 0.4) is 0 Å². The summed E-state index contributed by atoms with van der Waals surface area (Å²) in [7, 11) is 3.14. The van der Waals surface area contributed by atoms with Crippen LogP contribution in [0, 0.1) is 0 Å². The van der Waals surface area contributed by atoms with E-state index in [0.717, 1.165) is 11.1 Å². The number of hydrogen-bond acceptors (Lipinski definition) is 7. The smallest absolute Gasteiger partial charge is 0.267 e. The molecule has 0 bridgehead atoms. The number of aliphatic hydroxyl groups excluding tert-OH is 1. The van der Waals surface area contributed by atoms with Crippen molar-refractivity contribution in [3.8, 4) is 11.5 Å². The third-order valence-corrected chi connectivity index (χ3v) is 5.36. The third kappa shape index (κ3) is 6.64. The Hall–Kier alpha value is -4.25. The first kappa shape index (κ1) is 25.4. The number of rotatable bonds is 10. The van der Waals surface area contributed by atoms with Gasteiger partial charge in [-0.2, -0.15) is 0 Å². The molecule has 0 saturated heterocycles. The van der Waals surface area contributed by atoms with Gasteiger partial charge in [0.25, 0.3) is 11.8 Å². The molecule has 0 fully saturated rings. The maximum atomic E-state index is 12.9. The number of hydrogen-bond donors (Lipinski definition) is 4. The summed E-state index contributed by atoms with van der Waals surface area (Å²) < 4.78 is 10.4. The van der Waals surface area contributed by atoms with E-state index >= 15 is 0 Å². The number of amides is 2. The van der Waals surface area contributed by atoms with Gasteiger partial charge in [-0.25, -0.2) is 0 Å². The van der Waals surface area contributed by atoms with Crippen LogP contribution in [0.4, 0.5) is 0 Å². The van der Waals surface area contributed by atoms with E-state index in [4.69, 9.17) is 20.9 Å². The summed E-state index contributed by atoms with van der Waals surface area (Å²) in [6, 6.07) is 14.4. The predicted molar refractivity (Wildman–Crippen MR) is 130 cm³/mol. The maximum Gasteiger partial charge on any atom is 0.267 e. The molecule has 2 amide bonds. The minimum Gasteiger partial charge on any atom is -0.497 e. The number of ether oxygens (including phenoxy) is 2. The van der Waals surface area contributed by atoms with E-state index in [9.17, 15) is 14.7 Å². The first-order valence-corrected chi connectivity index (χ1v) is 10.9. The fraction of sp³-hybridized carbons (Fsp3) is 0.292. The number of aliphatic hydroxyl groups is 1. The first-order valence-electron chi connectivity index (χ1n) is 10.9. The number of nitrogens with one attached hydrogen (secondary N) is 1. The summed E-state index contributed by atoms with van der Waals surface area (Å²) in [5, 5.41) is 13.9. The first-order chi connectivity index (χ1) is 16.8. The molecule has 6 N–H and O–H groups in total. The van der Waals surface area contributed by atoms with Gasteiger partial charge >= 0.3 is 0 Å². The quantitative estimate of drug-likeness (QED) is 0.211. The molecule has 0 saturated carbocycles. The second kappa shape index (κ2) is 11.7. The number of carbonyl (C=O) groups is 2. The van der Waals surface area contributed by atoms with Crippen LogP contribution in [0.5, 0.6) is 11.5 Å². The molecule has 35 heavy (non-hydrogen) atoms. The second-order valence-corrected chi connectivity index (χ2v) is 7.73.